The van der Waals surface area contributed by atoms with E-state index in [-0.39, 0.29) is 6.54 Å². The van der Waals surface area contributed by atoms with Crippen LogP contribution >= 0.6 is 23.4 Å². The lowest BCUT2D eigenvalue weighted by molar-refractivity contribution is -0.141. The van der Waals surface area contributed by atoms with Crippen LogP contribution in [0.5, 0.6) is 0 Å². The van der Waals surface area contributed by atoms with Gasteiger partial charge < -0.3 is 10.1 Å². The third kappa shape index (κ3) is 3.85. The van der Waals surface area contributed by atoms with Gasteiger partial charge in [-0.15, -0.1) is 0 Å². The lowest BCUT2D eigenvalue weighted by atomic mass is 10.2. The molecule has 0 saturated carbocycles. The second kappa shape index (κ2) is 7.71. The van der Waals surface area contributed by atoms with Crippen molar-refractivity contribution in [3.8, 4) is 0 Å². The minimum absolute atomic E-state index is 0.00469. The molecule has 2 heterocycles. The normalized spacial score (nSPS) is 10.8. The second-order valence-electron chi connectivity index (χ2n) is 5.20. The molecule has 0 radical (unpaired) electrons. The highest BCUT2D eigenvalue weighted by molar-refractivity contribution is 7.97. The lowest BCUT2D eigenvalue weighted by Gasteiger charge is -2.09. The molecule has 0 unspecified atom stereocenters. The van der Waals surface area contributed by atoms with Crippen molar-refractivity contribution in [2.45, 2.75) is 12.3 Å². The molecule has 25 heavy (non-hydrogen) atoms. The van der Waals surface area contributed by atoms with Gasteiger partial charge in [0.25, 0.3) is 0 Å². The molecule has 0 atom stereocenters. The molecule has 0 aliphatic heterocycles. The molecule has 7 nitrogen and oxygen atoms in total. The van der Waals surface area contributed by atoms with Crippen LogP contribution in [-0.4, -0.2) is 39.1 Å². The number of aromatic nitrogens is 4. The zero-order chi connectivity index (χ0) is 17.8. The molecule has 0 bridgehead atoms. The van der Waals surface area contributed by atoms with Crippen LogP contribution in [0.25, 0.3) is 11.0 Å². The van der Waals surface area contributed by atoms with E-state index in [1.807, 2.05) is 24.5 Å². The number of esters is 1. The number of ether oxygens (including phenoxy) is 1. The van der Waals surface area contributed by atoms with Crippen molar-refractivity contribution < 1.29 is 9.53 Å². The van der Waals surface area contributed by atoms with Crippen LogP contribution < -0.4 is 5.32 Å². The number of anilines is 2. The largest absolute Gasteiger partial charge is 0.468 e. The fourth-order valence-electron chi connectivity index (χ4n) is 2.35. The number of carbonyl (C=O) groups is 1. The number of halogens is 1. The van der Waals surface area contributed by atoms with E-state index in [4.69, 9.17) is 11.6 Å². The summed E-state index contributed by atoms with van der Waals surface area (Å²) in [6.07, 6.45) is 5.08. The monoisotopic (exact) mass is 377 g/mol. The Morgan fingerprint density at radius 2 is 2.24 bits per heavy atom. The van der Waals surface area contributed by atoms with Crippen LogP contribution in [-0.2, 0) is 21.8 Å². The van der Waals surface area contributed by atoms with E-state index in [1.165, 1.54) is 18.1 Å². The van der Waals surface area contributed by atoms with Gasteiger partial charge in [0.15, 0.2) is 5.65 Å². The van der Waals surface area contributed by atoms with E-state index in [9.17, 15) is 4.79 Å². The van der Waals surface area contributed by atoms with Gasteiger partial charge in [-0.25, -0.2) is 14.6 Å². The minimum atomic E-state index is -0.391. The molecule has 0 spiro atoms. The summed E-state index contributed by atoms with van der Waals surface area (Å²) in [5.41, 5.74) is 2.47. The number of thioether (sulfide) groups is 1. The van der Waals surface area contributed by atoms with Crippen molar-refractivity contribution in [1.82, 2.24) is 19.7 Å². The number of methoxy groups -OCH3 is 1. The van der Waals surface area contributed by atoms with Gasteiger partial charge in [-0.2, -0.15) is 16.9 Å². The van der Waals surface area contributed by atoms with Gasteiger partial charge in [-0.05, 0) is 30.0 Å². The van der Waals surface area contributed by atoms with Crippen LogP contribution in [0.4, 0.5) is 11.5 Å². The molecule has 3 rings (SSSR count). The first kappa shape index (κ1) is 17.5. The summed E-state index contributed by atoms with van der Waals surface area (Å²) in [7, 11) is 1.34. The number of rotatable bonds is 6. The summed E-state index contributed by atoms with van der Waals surface area (Å²) in [5.74, 6) is 1.04. The molecule has 1 aromatic carbocycles. The predicted molar refractivity (Wildman–Crippen MR) is 99.3 cm³/mol. The van der Waals surface area contributed by atoms with Gasteiger partial charge >= 0.3 is 5.97 Å². The van der Waals surface area contributed by atoms with Crippen molar-refractivity contribution in [2.24, 2.45) is 0 Å². The van der Waals surface area contributed by atoms with Crippen LogP contribution in [0.2, 0.25) is 5.02 Å². The van der Waals surface area contributed by atoms with E-state index in [1.54, 1.807) is 18.0 Å². The molecule has 3 aromatic rings. The van der Waals surface area contributed by atoms with E-state index in [0.717, 1.165) is 22.0 Å². The quantitative estimate of drug-likeness (QED) is 0.660. The summed E-state index contributed by atoms with van der Waals surface area (Å²) in [6, 6.07) is 5.74. The first-order chi connectivity index (χ1) is 12.1. The van der Waals surface area contributed by atoms with Gasteiger partial charge in [0, 0.05) is 16.5 Å². The Morgan fingerprint density at radius 3 is 3.00 bits per heavy atom. The fourth-order valence-corrected chi connectivity index (χ4v) is 3.16. The van der Waals surface area contributed by atoms with Crippen molar-refractivity contribution in [1.29, 1.82) is 0 Å². The van der Waals surface area contributed by atoms with Crippen LogP contribution in [0.1, 0.15) is 5.56 Å². The third-order valence-corrected chi connectivity index (χ3v) is 4.52. The smallest absolute Gasteiger partial charge is 0.327 e. The number of nitrogens with zero attached hydrogens (tertiary/aromatic N) is 4. The second-order valence-corrected chi connectivity index (χ2v) is 6.48. The topological polar surface area (TPSA) is 81.9 Å². The number of nitrogens with one attached hydrogen (secondary N) is 1. The maximum Gasteiger partial charge on any atom is 0.327 e. The van der Waals surface area contributed by atoms with Gasteiger partial charge in [0.2, 0.25) is 0 Å². The Morgan fingerprint density at radius 1 is 1.40 bits per heavy atom. The standard InChI is InChI=1S/C16H16ClN5O2S/c1-24-14(23)7-22-16-12(6-20-22)15(18-9-19-16)21-11-3-4-13(17)10(5-11)8-25-2/h3-6,9H,7-8H2,1-2H3,(H,18,19,21). The Bertz CT molecular complexity index is 915. The summed E-state index contributed by atoms with van der Waals surface area (Å²) in [6.45, 7) is -0.00469. The number of benzene rings is 1. The van der Waals surface area contributed by atoms with Crippen molar-refractivity contribution in [2.75, 3.05) is 18.7 Å². The first-order valence-corrected chi connectivity index (χ1v) is 9.17. The van der Waals surface area contributed by atoms with Crippen LogP contribution in [0.3, 0.4) is 0 Å². The average molecular weight is 378 g/mol. The lowest BCUT2D eigenvalue weighted by Crippen LogP contribution is -2.13. The van der Waals surface area contributed by atoms with Gasteiger partial charge in [-0.3, -0.25) is 4.79 Å². The summed E-state index contributed by atoms with van der Waals surface area (Å²) in [4.78, 5) is 20.0. The Balaban J connectivity index is 1.92. The molecule has 0 fully saturated rings. The number of carbonyl (C=O) groups excluding carboxylic acids is 1. The van der Waals surface area contributed by atoms with E-state index in [2.05, 4.69) is 25.1 Å². The highest BCUT2D eigenvalue weighted by Crippen LogP contribution is 2.27. The highest BCUT2D eigenvalue weighted by atomic mass is 35.5. The minimum Gasteiger partial charge on any atom is -0.468 e. The van der Waals surface area contributed by atoms with Crippen LogP contribution in [0, 0.1) is 0 Å². The third-order valence-electron chi connectivity index (χ3n) is 3.55. The molecule has 0 saturated heterocycles. The van der Waals surface area contributed by atoms with Gasteiger partial charge in [0.05, 0.1) is 18.7 Å². The molecule has 9 heteroatoms. The summed E-state index contributed by atoms with van der Waals surface area (Å²) < 4.78 is 6.15. The fraction of sp³-hybridized carbons (Fsp3) is 0.250. The maximum atomic E-state index is 11.5. The Kier molecular flexibility index (Phi) is 5.40. The molecule has 0 amide bonds. The maximum absolute atomic E-state index is 11.5. The number of hydrogen-bond acceptors (Lipinski definition) is 7. The number of fused-ring (bicyclic) bond motifs is 1. The Hall–Kier alpha value is -2.32. The van der Waals surface area contributed by atoms with E-state index >= 15 is 0 Å². The first-order valence-electron chi connectivity index (χ1n) is 7.40. The predicted octanol–water partition coefficient (Wildman–Crippen LogP) is 3.26. The van der Waals surface area contributed by atoms with Gasteiger partial charge in [-0.1, -0.05) is 11.6 Å². The molecule has 0 aliphatic rings. The zero-order valence-electron chi connectivity index (χ0n) is 13.7. The van der Waals surface area contributed by atoms with Crippen molar-refractivity contribution in [3.05, 3.63) is 41.3 Å². The molecule has 2 aromatic heterocycles. The zero-order valence-corrected chi connectivity index (χ0v) is 15.3. The highest BCUT2D eigenvalue weighted by Gasteiger charge is 2.13. The SMILES string of the molecule is COC(=O)Cn1ncc2c(Nc3ccc(Cl)c(CSC)c3)ncnc21. The summed E-state index contributed by atoms with van der Waals surface area (Å²) in [5, 5.41) is 8.91. The average Bonchev–Trinajstić information content (AvgIpc) is 3.02. The number of hydrogen-bond donors (Lipinski definition) is 1. The molecule has 1 N–H and O–H groups in total. The van der Waals surface area contributed by atoms with Crippen LogP contribution in [0.15, 0.2) is 30.7 Å². The van der Waals surface area contributed by atoms with E-state index < -0.39 is 5.97 Å². The molecular weight excluding hydrogens is 362 g/mol. The van der Waals surface area contributed by atoms with Crippen molar-refractivity contribution in [3.63, 3.8) is 0 Å². The summed E-state index contributed by atoms with van der Waals surface area (Å²) >= 11 is 7.92. The van der Waals surface area contributed by atoms with Gasteiger partial charge in [0.1, 0.15) is 18.7 Å². The van der Waals surface area contributed by atoms with E-state index in [0.29, 0.717) is 16.9 Å². The molecule has 130 valence electrons. The molecule has 0 aliphatic carbocycles. The molecular formula is C16H16ClN5O2S. The Labute approximate surface area is 153 Å². The van der Waals surface area contributed by atoms with Crippen molar-refractivity contribution >= 4 is 51.9 Å².